The van der Waals surface area contributed by atoms with Gasteiger partial charge in [-0.3, -0.25) is 4.79 Å². The Kier molecular flexibility index (Phi) is 3.93. The molecule has 0 aromatic rings. The zero-order valence-electron chi connectivity index (χ0n) is 9.54. The van der Waals surface area contributed by atoms with Gasteiger partial charge >= 0.3 is 5.97 Å². The second kappa shape index (κ2) is 5.27. The molecule has 2 rings (SSSR count). The summed E-state index contributed by atoms with van der Waals surface area (Å²) in [7, 11) is 0. The minimum Gasteiger partial charge on any atom is -0.480 e. The number of β-amino-alcohol motifs (C(OH)–C–C–N with tert-alkyl or cyclic N) is 1. The molecule has 2 heterocycles. The molecule has 0 aliphatic carbocycles. The van der Waals surface area contributed by atoms with Gasteiger partial charge in [-0.1, -0.05) is 6.42 Å². The van der Waals surface area contributed by atoms with Gasteiger partial charge in [0.15, 0.2) is 0 Å². The fraction of sp³-hybridized carbons (Fsp3) is 0.818. The molecule has 96 valence electrons. The molecule has 5 nitrogen and oxygen atoms in total. The molecular formula is C11H17NO4S. The van der Waals surface area contributed by atoms with Crippen LogP contribution >= 0.6 is 11.8 Å². The van der Waals surface area contributed by atoms with Gasteiger partial charge in [-0.15, -0.1) is 11.8 Å². The van der Waals surface area contributed by atoms with Gasteiger partial charge in [-0.2, -0.15) is 0 Å². The SMILES string of the molecule is O=C(O)[C@H]1C[C@@H](O)CN1C(=O)C1CCCCS1. The third-order valence-corrected chi connectivity index (χ3v) is 4.67. The number of nitrogens with zero attached hydrogens (tertiary/aromatic N) is 1. The van der Waals surface area contributed by atoms with Gasteiger partial charge in [0.25, 0.3) is 0 Å². The Morgan fingerprint density at radius 2 is 2.06 bits per heavy atom. The summed E-state index contributed by atoms with van der Waals surface area (Å²) in [6.45, 7) is 0.160. The number of aliphatic hydroxyl groups excluding tert-OH is 1. The van der Waals surface area contributed by atoms with E-state index < -0.39 is 18.1 Å². The molecule has 2 aliphatic heterocycles. The van der Waals surface area contributed by atoms with E-state index in [0.29, 0.717) is 0 Å². The number of rotatable bonds is 2. The molecule has 0 saturated carbocycles. The highest BCUT2D eigenvalue weighted by molar-refractivity contribution is 8.00. The Labute approximate surface area is 104 Å². The molecular weight excluding hydrogens is 242 g/mol. The predicted octanol–water partition coefficient (Wildman–Crippen LogP) is 0.319. The average Bonchev–Trinajstić information content (AvgIpc) is 2.72. The fourth-order valence-corrected chi connectivity index (χ4v) is 3.68. The molecule has 0 bridgehead atoms. The van der Waals surface area contributed by atoms with Gasteiger partial charge < -0.3 is 15.1 Å². The quantitative estimate of drug-likeness (QED) is 0.746. The van der Waals surface area contributed by atoms with Gasteiger partial charge in [-0.05, 0) is 18.6 Å². The monoisotopic (exact) mass is 259 g/mol. The number of carboxylic acids is 1. The number of likely N-dealkylation sites (tertiary alicyclic amines) is 1. The zero-order valence-corrected chi connectivity index (χ0v) is 10.4. The first-order valence-corrected chi connectivity index (χ1v) is 6.97. The number of aliphatic hydroxyl groups is 1. The van der Waals surface area contributed by atoms with Gasteiger partial charge in [0.1, 0.15) is 6.04 Å². The minimum atomic E-state index is -1.02. The van der Waals surface area contributed by atoms with Crippen molar-refractivity contribution in [3.63, 3.8) is 0 Å². The smallest absolute Gasteiger partial charge is 0.326 e. The van der Waals surface area contributed by atoms with Gasteiger partial charge in [0, 0.05) is 13.0 Å². The average molecular weight is 259 g/mol. The molecule has 1 unspecified atom stereocenters. The van der Waals surface area contributed by atoms with Crippen LogP contribution in [0.5, 0.6) is 0 Å². The molecule has 1 amide bonds. The number of hydrogen-bond acceptors (Lipinski definition) is 4. The molecule has 2 N–H and O–H groups in total. The minimum absolute atomic E-state index is 0.112. The summed E-state index contributed by atoms with van der Waals surface area (Å²) in [6, 6.07) is -0.847. The van der Waals surface area contributed by atoms with Crippen LogP contribution in [0.15, 0.2) is 0 Å². The molecule has 17 heavy (non-hydrogen) atoms. The first-order valence-electron chi connectivity index (χ1n) is 5.92. The topological polar surface area (TPSA) is 77.8 Å². The van der Waals surface area contributed by atoms with Crippen LogP contribution in [0.4, 0.5) is 0 Å². The molecule has 2 saturated heterocycles. The molecule has 0 aromatic heterocycles. The molecule has 3 atom stereocenters. The van der Waals surface area contributed by atoms with Crippen molar-refractivity contribution in [2.24, 2.45) is 0 Å². The number of carbonyl (C=O) groups excluding carboxylic acids is 1. The third-order valence-electron chi connectivity index (χ3n) is 3.30. The number of hydrogen-bond donors (Lipinski definition) is 2. The first-order chi connectivity index (χ1) is 8.09. The second-order valence-corrected chi connectivity index (χ2v) is 5.90. The maximum absolute atomic E-state index is 12.2. The Morgan fingerprint density at radius 3 is 2.65 bits per heavy atom. The number of carbonyl (C=O) groups is 2. The lowest BCUT2D eigenvalue weighted by atomic mass is 10.1. The predicted molar refractivity (Wildman–Crippen MR) is 63.9 cm³/mol. The van der Waals surface area contributed by atoms with Crippen molar-refractivity contribution in [1.29, 1.82) is 0 Å². The van der Waals surface area contributed by atoms with E-state index in [1.165, 1.54) is 4.90 Å². The lowest BCUT2D eigenvalue weighted by molar-refractivity contribution is -0.148. The Bertz CT molecular complexity index is 317. The summed E-state index contributed by atoms with van der Waals surface area (Å²) < 4.78 is 0. The van der Waals surface area contributed by atoms with Crippen molar-refractivity contribution >= 4 is 23.6 Å². The van der Waals surface area contributed by atoms with E-state index in [4.69, 9.17) is 5.11 Å². The van der Waals surface area contributed by atoms with Crippen LogP contribution in [-0.2, 0) is 9.59 Å². The van der Waals surface area contributed by atoms with Crippen molar-refractivity contribution in [1.82, 2.24) is 4.90 Å². The largest absolute Gasteiger partial charge is 0.480 e. The van der Waals surface area contributed by atoms with Gasteiger partial charge in [0.05, 0.1) is 11.4 Å². The summed E-state index contributed by atoms with van der Waals surface area (Å²) in [5, 5.41) is 18.4. The Balaban J connectivity index is 2.04. The highest BCUT2D eigenvalue weighted by Crippen LogP contribution is 2.29. The highest BCUT2D eigenvalue weighted by Gasteiger charge is 2.41. The normalized spacial score (nSPS) is 33.7. The molecule has 2 aliphatic rings. The number of amides is 1. The summed E-state index contributed by atoms with van der Waals surface area (Å²) >= 11 is 1.61. The van der Waals surface area contributed by atoms with Crippen LogP contribution in [0.25, 0.3) is 0 Å². The lowest BCUT2D eigenvalue weighted by Crippen LogP contribution is -2.45. The van der Waals surface area contributed by atoms with E-state index in [1.807, 2.05) is 0 Å². The van der Waals surface area contributed by atoms with Crippen LogP contribution in [0.1, 0.15) is 25.7 Å². The van der Waals surface area contributed by atoms with Crippen LogP contribution in [0.3, 0.4) is 0 Å². The number of carboxylic acid groups (broad SMARTS) is 1. The van der Waals surface area contributed by atoms with Crippen molar-refractivity contribution in [3.05, 3.63) is 0 Å². The second-order valence-electron chi connectivity index (χ2n) is 4.59. The summed E-state index contributed by atoms with van der Waals surface area (Å²) in [4.78, 5) is 24.6. The number of thioether (sulfide) groups is 1. The third kappa shape index (κ3) is 2.74. The molecule has 0 spiro atoms. The molecule has 6 heteroatoms. The van der Waals surface area contributed by atoms with Crippen molar-refractivity contribution < 1.29 is 19.8 Å². The van der Waals surface area contributed by atoms with Crippen LogP contribution in [-0.4, -0.2) is 56.7 Å². The van der Waals surface area contributed by atoms with E-state index in [-0.39, 0.29) is 24.1 Å². The van der Waals surface area contributed by atoms with Crippen LogP contribution in [0, 0.1) is 0 Å². The van der Waals surface area contributed by atoms with Gasteiger partial charge in [0.2, 0.25) is 5.91 Å². The summed E-state index contributed by atoms with van der Waals surface area (Å²) in [6.07, 6.45) is 2.42. The van der Waals surface area contributed by atoms with E-state index in [0.717, 1.165) is 25.0 Å². The Morgan fingerprint density at radius 1 is 1.29 bits per heavy atom. The van der Waals surface area contributed by atoms with Gasteiger partial charge in [-0.25, -0.2) is 4.79 Å². The molecule has 0 aromatic carbocycles. The van der Waals surface area contributed by atoms with Crippen molar-refractivity contribution in [2.75, 3.05) is 12.3 Å². The summed E-state index contributed by atoms with van der Waals surface area (Å²) in [5.74, 6) is -0.167. The van der Waals surface area contributed by atoms with E-state index >= 15 is 0 Å². The van der Waals surface area contributed by atoms with Crippen LogP contribution in [0.2, 0.25) is 0 Å². The lowest BCUT2D eigenvalue weighted by Gasteiger charge is -2.28. The molecule has 0 radical (unpaired) electrons. The summed E-state index contributed by atoms with van der Waals surface area (Å²) in [5.41, 5.74) is 0. The Hall–Kier alpha value is -0.750. The van der Waals surface area contributed by atoms with Crippen molar-refractivity contribution in [3.8, 4) is 0 Å². The van der Waals surface area contributed by atoms with E-state index in [1.54, 1.807) is 11.8 Å². The molecule has 2 fully saturated rings. The maximum Gasteiger partial charge on any atom is 0.326 e. The van der Waals surface area contributed by atoms with E-state index in [2.05, 4.69) is 0 Å². The van der Waals surface area contributed by atoms with Crippen molar-refractivity contribution in [2.45, 2.75) is 43.1 Å². The van der Waals surface area contributed by atoms with E-state index in [9.17, 15) is 14.7 Å². The zero-order chi connectivity index (χ0) is 12.4. The standard InChI is InChI=1S/C11H17NO4S/c13-7-5-8(11(15)16)12(6-7)10(14)9-3-1-2-4-17-9/h7-9,13H,1-6H2,(H,15,16)/t7-,8-,9?/m1/s1. The highest BCUT2D eigenvalue weighted by atomic mass is 32.2. The fourth-order valence-electron chi connectivity index (χ4n) is 2.41. The maximum atomic E-state index is 12.2. The van der Waals surface area contributed by atoms with Crippen LogP contribution < -0.4 is 0 Å². The number of aliphatic carboxylic acids is 1. The first kappa shape index (κ1) is 12.7.